The van der Waals surface area contributed by atoms with Gasteiger partial charge in [-0.1, -0.05) is 6.42 Å². The molecular weight excluding hydrogens is 266 g/mol. The zero-order chi connectivity index (χ0) is 15.0. The number of hydrazine groups is 1. The molecular formula is C16H25N3O2. The second-order valence-corrected chi connectivity index (χ2v) is 6.80. The van der Waals surface area contributed by atoms with Gasteiger partial charge in [-0.2, -0.15) is 0 Å². The van der Waals surface area contributed by atoms with Crippen LogP contribution in [0.2, 0.25) is 0 Å². The Balaban J connectivity index is 1.58. The third kappa shape index (κ3) is 2.99. The van der Waals surface area contributed by atoms with E-state index in [4.69, 9.17) is 10.3 Å². The SMILES string of the molecule is Cc1oc(C(=O)NN)cc1CN(C)CC1CC2CCC1C2. The molecule has 1 aromatic heterocycles. The summed E-state index contributed by atoms with van der Waals surface area (Å²) >= 11 is 0. The number of carbonyl (C=O) groups is 1. The summed E-state index contributed by atoms with van der Waals surface area (Å²) in [5, 5.41) is 0. The number of amides is 1. The van der Waals surface area contributed by atoms with Gasteiger partial charge in [-0.05, 0) is 57.1 Å². The molecule has 0 saturated heterocycles. The van der Waals surface area contributed by atoms with Crippen LogP contribution in [0.3, 0.4) is 0 Å². The van der Waals surface area contributed by atoms with Crippen LogP contribution in [0.15, 0.2) is 10.5 Å². The van der Waals surface area contributed by atoms with Gasteiger partial charge in [0.15, 0.2) is 5.76 Å². The minimum absolute atomic E-state index is 0.290. The molecule has 1 heterocycles. The number of rotatable bonds is 5. The van der Waals surface area contributed by atoms with Crippen molar-refractivity contribution in [1.29, 1.82) is 0 Å². The summed E-state index contributed by atoms with van der Waals surface area (Å²) in [7, 11) is 2.15. The number of carbonyl (C=O) groups excluding carboxylic acids is 1. The van der Waals surface area contributed by atoms with Gasteiger partial charge in [-0.25, -0.2) is 5.84 Å². The third-order valence-corrected chi connectivity index (χ3v) is 5.25. The van der Waals surface area contributed by atoms with Crippen molar-refractivity contribution in [1.82, 2.24) is 10.3 Å². The molecule has 5 heteroatoms. The lowest BCUT2D eigenvalue weighted by Crippen LogP contribution is -2.29. The molecule has 0 spiro atoms. The fraction of sp³-hybridized carbons (Fsp3) is 0.688. The maximum absolute atomic E-state index is 11.5. The number of furan rings is 1. The van der Waals surface area contributed by atoms with Crippen LogP contribution in [0, 0.1) is 24.7 Å². The van der Waals surface area contributed by atoms with Gasteiger partial charge < -0.3 is 9.32 Å². The third-order valence-electron chi connectivity index (χ3n) is 5.25. The molecule has 2 saturated carbocycles. The average Bonchev–Trinajstić information content (AvgIpc) is 3.14. The largest absolute Gasteiger partial charge is 0.456 e. The molecule has 3 atom stereocenters. The van der Waals surface area contributed by atoms with Crippen LogP contribution in [-0.4, -0.2) is 24.4 Å². The van der Waals surface area contributed by atoms with Crippen molar-refractivity contribution in [3.63, 3.8) is 0 Å². The highest BCUT2D eigenvalue weighted by Gasteiger charge is 2.39. The maximum Gasteiger partial charge on any atom is 0.300 e. The highest BCUT2D eigenvalue weighted by atomic mass is 16.4. The van der Waals surface area contributed by atoms with Crippen LogP contribution in [0.4, 0.5) is 0 Å². The normalized spacial score (nSPS) is 27.5. The van der Waals surface area contributed by atoms with E-state index in [1.165, 1.54) is 25.7 Å². The van der Waals surface area contributed by atoms with Crippen molar-refractivity contribution >= 4 is 5.91 Å². The van der Waals surface area contributed by atoms with Crippen molar-refractivity contribution < 1.29 is 9.21 Å². The van der Waals surface area contributed by atoms with E-state index in [0.29, 0.717) is 5.76 Å². The Kier molecular flexibility index (Phi) is 4.04. The number of aryl methyl sites for hydroxylation is 1. The molecule has 21 heavy (non-hydrogen) atoms. The monoisotopic (exact) mass is 291 g/mol. The number of nitrogens with zero attached hydrogens (tertiary/aromatic N) is 1. The summed E-state index contributed by atoms with van der Waals surface area (Å²) in [4.78, 5) is 13.8. The van der Waals surface area contributed by atoms with Gasteiger partial charge in [0.2, 0.25) is 0 Å². The molecule has 5 nitrogen and oxygen atoms in total. The molecule has 3 N–H and O–H groups in total. The molecule has 0 radical (unpaired) electrons. The van der Waals surface area contributed by atoms with Gasteiger partial charge in [-0.3, -0.25) is 10.2 Å². The molecule has 0 aromatic carbocycles. The van der Waals surface area contributed by atoms with Crippen molar-refractivity contribution in [3.05, 3.63) is 23.2 Å². The molecule has 2 bridgehead atoms. The Morgan fingerprint density at radius 3 is 2.90 bits per heavy atom. The van der Waals surface area contributed by atoms with Crippen molar-refractivity contribution in [2.75, 3.05) is 13.6 Å². The molecule has 1 amide bonds. The molecule has 2 fully saturated rings. The van der Waals surface area contributed by atoms with Crippen LogP contribution in [-0.2, 0) is 6.54 Å². The lowest BCUT2D eigenvalue weighted by atomic mass is 9.88. The Morgan fingerprint density at radius 2 is 2.29 bits per heavy atom. The van der Waals surface area contributed by atoms with Crippen LogP contribution >= 0.6 is 0 Å². The molecule has 0 aliphatic heterocycles. The van der Waals surface area contributed by atoms with Crippen molar-refractivity contribution in [2.45, 2.75) is 39.2 Å². The van der Waals surface area contributed by atoms with Gasteiger partial charge in [0, 0.05) is 18.7 Å². The standard InChI is InChI=1S/C16H25N3O2/c1-10-13(7-15(21-10)16(20)18-17)8-19(2)9-14-6-11-3-4-12(14)5-11/h7,11-12,14H,3-6,8-9,17H2,1-2H3,(H,18,20). The summed E-state index contributed by atoms with van der Waals surface area (Å²) in [6.07, 6.45) is 5.72. The first-order valence-corrected chi connectivity index (χ1v) is 7.85. The average molecular weight is 291 g/mol. The van der Waals surface area contributed by atoms with E-state index in [1.54, 1.807) is 6.07 Å². The molecule has 1 aromatic rings. The van der Waals surface area contributed by atoms with Gasteiger partial charge in [0.25, 0.3) is 0 Å². The predicted octanol–water partition coefficient (Wildman–Crippen LogP) is 2.06. The van der Waals surface area contributed by atoms with E-state index in [0.717, 1.165) is 42.2 Å². The first-order chi connectivity index (χ1) is 10.1. The number of nitrogens with two attached hydrogens (primary N) is 1. The van der Waals surface area contributed by atoms with Crippen LogP contribution in [0.5, 0.6) is 0 Å². The zero-order valence-electron chi connectivity index (χ0n) is 12.9. The summed E-state index contributed by atoms with van der Waals surface area (Å²) < 4.78 is 5.47. The van der Waals surface area contributed by atoms with Crippen LogP contribution in [0.25, 0.3) is 0 Å². The second kappa shape index (κ2) is 5.81. The Morgan fingerprint density at radius 1 is 1.48 bits per heavy atom. The summed E-state index contributed by atoms with van der Waals surface area (Å²) in [6.45, 7) is 3.86. The minimum Gasteiger partial charge on any atom is -0.456 e. The quantitative estimate of drug-likeness (QED) is 0.495. The topological polar surface area (TPSA) is 71.5 Å². The maximum atomic E-state index is 11.5. The lowest BCUT2D eigenvalue weighted by molar-refractivity contribution is 0.0924. The number of nitrogens with one attached hydrogen (secondary N) is 1. The predicted molar refractivity (Wildman–Crippen MR) is 80.4 cm³/mol. The first-order valence-electron chi connectivity index (χ1n) is 7.85. The van der Waals surface area contributed by atoms with Gasteiger partial charge in [0.1, 0.15) is 5.76 Å². The van der Waals surface area contributed by atoms with E-state index < -0.39 is 0 Å². The molecule has 3 rings (SSSR count). The number of nitrogen functional groups attached to an aromatic ring is 1. The summed E-state index contributed by atoms with van der Waals surface area (Å²) in [5.74, 6) is 8.64. The van der Waals surface area contributed by atoms with Crippen molar-refractivity contribution in [3.8, 4) is 0 Å². The van der Waals surface area contributed by atoms with Crippen molar-refractivity contribution in [2.24, 2.45) is 23.6 Å². The number of hydrogen-bond acceptors (Lipinski definition) is 4. The van der Waals surface area contributed by atoms with Crippen LogP contribution < -0.4 is 11.3 Å². The highest BCUT2D eigenvalue weighted by molar-refractivity contribution is 5.91. The van der Waals surface area contributed by atoms with Gasteiger partial charge in [0.05, 0.1) is 0 Å². The fourth-order valence-electron chi connectivity index (χ4n) is 4.22. The van der Waals surface area contributed by atoms with E-state index in [9.17, 15) is 4.79 Å². The molecule has 2 aliphatic carbocycles. The van der Waals surface area contributed by atoms with Gasteiger partial charge >= 0.3 is 5.91 Å². The van der Waals surface area contributed by atoms with E-state index in [2.05, 4.69) is 17.4 Å². The molecule has 116 valence electrons. The number of hydrogen-bond donors (Lipinski definition) is 2. The van der Waals surface area contributed by atoms with E-state index in [-0.39, 0.29) is 5.91 Å². The fourth-order valence-corrected chi connectivity index (χ4v) is 4.22. The first kappa shape index (κ1) is 14.6. The van der Waals surface area contributed by atoms with Crippen LogP contribution in [0.1, 0.15) is 47.6 Å². The Labute approximate surface area is 125 Å². The summed E-state index contributed by atoms with van der Waals surface area (Å²) in [5.41, 5.74) is 3.17. The minimum atomic E-state index is -0.375. The number of fused-ring (bicyclic) bond motifs is 2. The summed E-state index contributed by atoms with van der Waals surface area (Å²) in [6, 6.07) is 1.80. The Bertz CT molecular complexity index is 526. The lowest BCUT2D eigenvalue weighted by Gasteiger charge is -2.27. The second-order valence-electron chi connectivity index (χ2n) is 6.80. The van der Waals surface area contributed by atoms with E-state index >= 15 is 0 Å². The highest BCUT2D eigenvalue weighted by Crippen LogP contribution is 2.48. The van der Waals surface area contributed by atoms with E-state index in [1.807, 2.05) is 6.92 Å². The molecule has 3 unspecified atom stereocenters. The zero-order valence-corrected chi connectivity index (χ0v) is 12.9. The molecule has 2 aliphatic rings. The van der Waals surface area contributed by atoms with Gasteiger partial charge in [-0.15, -0.1) is 0 Å². The smallest absolute Gasteiger partial charge is 0.300 e. The Hall–Kier alpha value is -1.33.